The predicted octanol–water partition coefficient (Wildman–Crippen LogP) is 3.16. The lowest BCUT2D eigenvalue weighted by molar-refractivity contribution is -0.140. The summed E-state index contributed by atoms with van der Waals surface area (Å²) in [6, 6.07) is 6.53. The number of aromatic nitrogens is 1. The highest BCUT2D eigenvalue weighted by Gasteiger charge is 2.46. The Morgan fingerprint density at radius 2 is 1.97 bits per heavy atom. The van der Waals surface area contributed by atoms with Crippen LogP contribution in [0.15, 0.2) is 34.3 Å². The number of benzene rings is 1. The number of aliphatic hydroxyl groups is 1. The van der Waals surface area contributed by atoms with E-state index in [1.807, 2.05) is 43.3 Å². The van der Waals surface area contributed by atoms with Crippen molar-refractivity contribution in [2.45, 2.75) is 19.9 Å². The highest BCUT2D eigenvalue weighted by atomic mass is 79.9. The number of likely N-dealkylation sites (N-methyl/N-ethyl adjacent to an activating group) is 1. The number of methoxy groups -OCH3 is 1. The van der Waals surface area contributed by atoms with Crippen molar-refractivity contribution in [3.8, 4) is 0 Å². The molecule has 1 fully saturated rings. The van der Waals surface area contributed by atoms with Crippen molar-refractivity contribution in [1.29, 1.82) is 0 Å². The van der Waals surface area contributed by atoms with Crippen molar-refractivity contribution in [1.82, 2.24) is 14.8 Å². The monoisotopic (exact) mass is 503 g/mol. The van der Waals surface area contributed by atoms with Gasteiger partial charge in [-0.15, -0.1) is 0 Å². The molecular formula is C23H26BrN3O5. The molecule has 1 aliphatic rings. The van der Waals surface area contributed by atoms with Crippen molar-refractivity contribution in [3.05, 3.63) is 62.4 Å². The van der Waals surface area contributed by atoms with Crippen molar-refractivity contribution in [2.75, 3.05) is 34.3 Å². The second-order valence-corrected chi connectivity index (χ2v) is 8.88. The van der Waals surface area contributed by atoms with Gasteiger partial charge >= 0.3 is 5.97 Å². The van der Waals surface area contributed by atoms with E-state index in [2.05, 4.69) is 20.9 Å². The summed E-state index contributed by atoms with van der Waals surface area (Å²) in [7, 11) is 5.03. The third-order valence-corrected chi connectivity index (χ3v) is 6.05. The van der Waals surface area contributed by atoms with Crippen molar-refractivity contribution >= 4 is 39.3 Å². The van der Waals surface area contributed by atoms with E-state index >= 15 is 0 Å². The summed E-state index contributed by atoms with van der Waals surface area (Å²) in [6.45, 7) is 4.20. The molecule has 0 aliphatic carbocycles. The normalized spacial score (nSPS) is 18.0. The zero-order valence-electron chi connectivity index (χ0n) is 18.7. The molecule has 2 aromatic rings. The average molecular weight is 504 g/mol. The number of amides is 1. The minimum absolute atomic E-state index is 0.00604. The van der Waals surface area contributed by atoms with Gasteiger partial charge in [-0.25, -0.2) is 4.79 Å². The molecule has 1 aliphatic heterocycles. The number of H-pyrrole nitrogens is 1. The highest BCUT2D eigenvalue weighted by molar-refractivity contribution is 9.10. The zero-order valence-corrected chi connectivity index (χ0v) is 20.2. The molecule has 0 bridgehead atoms. The molecular weight excluding hydrogens is 478 g/mol. The number of carbonyl (C=O) groups is 3. The Hall–Kier alpha value is -2.91. The first-order chi connectivity index (χ1) is 15.1. The summed E-state index contributed by atoms with van der Waals surface area (Å²) in [5.74, 6) is -2.33. The number of rotatable bonds is 6. The van der Waals surface area contributed by atoms with Gasteiger partial charge in [0.1, 0.15) is 11.5 Å². The van der Waals surface area contributed by atoms with Gasteiger partial charge in [-0.05, 0) is 51.2 Å². The molecule has 32 heavy (non-hydrogen) atoms. The quantitative estimate of drug-likeness (QED) is 0.271. The number of halogens is 1. The van der Waals surface area contributed by atoms with Gasteiger partial charge in [0.15, 0.2) is 0 Å². The van der Waals surface area contributed by atoms with Gasteiger partial charge < -0.3 is 24.6 Å². The molecule has 9 heteroatoms. The van der Waals surface area contributed by atoms with Crippen LogP contribution in [0, 0.1) is 13.8 Å². The number of likely N-dealkylation sites (tertiary alicyclic amines) is 1. The van der Waals surface area contributed by atoms with Gasteiger partial charge in [0.05, 0.1) is 18.7 Å². The van der Waals surface area contributed by atoms with Gasteiger partial charge in [-0.1, -0.05) is 28.1 Å². The second kappa shape index (κ2) is 9.30. The molecule has 2 heterocycles. The number of nitrogens with zero attached hydrogens (tertiary/aromatic N) is 2. The van der Waals surface area contributed by atoms with Crippen LogP contribution in [0.4, 0.5) is 0 Å². The molecule has 1 aromatic carbocycles. The highest BCUT2D eigenvalue weighted by Crippen LogP contribution is 2.41. The third-order valence-electron chi connectivity index (χ3n) is 5.56. The van der Waals surface area contributed by atoms with Crippen LogP contribution in [0.2, 0.25) is 0 Å². The fraction of sp³-hybridized carbons (Fsp3) is 0.348. The van der Waals surface area contributed by atoms with Crippen LogP contribution in [0.1, 0.15) is 38.9 Å². The smallest absolute Gasteiger partial charge is 0.354 e. The number of ketones is 1. The van der Waals surface area contributed by atoms with Gasteiger partial charge in [-0.3, -0.25) is 9.59 Å². The van der Waals surface area contributed by atoms with Gasteiger partial charge in [0.25, 0.3) is 11.7 Å². The topological polar surface area (TPSA) is 103 Å². The SMILES string of the molecule is COC(=O)c1[nH]c(C)c(C(O)=C2C(=O)C(=O)N(CCN(C)C)[C@@H]2c2cccc(Br)c2)c1C. The first-order valence-electron chi connectivity index (χ1n) is 10.0. The lowest BCUT2D eigenvalue weighted by Gasteiger charge is -2.26. The zero-order chi connectivity index (χ0) is 23.7. The van der Waals surface area contributed by atoms with Crippen LogP contribution in [0.3, 0.4) is 0 Å². The number of nitrogens with one attached hydrogen (secondary N) is 1. The predicted molar refractivity (Wildman–Crippen MR) is 123 cm³/mol. The van der Waals surface area contributed by atoms with E-state index < -0.39 is 23.7 Å². The maximum atomic E-state index is 13.1. The van der Waals surface area contributed by atoms with Crippen LogP contribution < -0.4 is 0 Å². The van der Waals surface area contributed by atoms with E-state index in [0.717, 1.165) is 4.47 Å². The average Bonchev–Trinajstić information content (AvgIpc) is 3.18. The van der Waals surface area contributed by atoms with Crippen LogP contribution in [-0.4, -0.2) is 71.8 Å². The number of aliphatic hydroxyl groups excluding tert-OH is 1. The van der Waals surface area contributed by atoms with Crippen LogP contribution in [-0.2, 0) is 14.3 Å². The van der Waals surface area contributed by atoms with E-state index in [1.165, 1.54) is 12.0 Å². The molecule has 170 valence electrons. The number of aromatic amines is 1. The Labute approximate surface area is 195 Å². The minimum Gasteiger partial charge on any atom is -0.507 e. The Bertz CT molecular complexity index is 1120. The Kier molecular flexibility index (Phi) is 6.90. The molecule has 1 amide bonds. The Morgan fingerprint density at radius 3 is 2.56 bits per heavy atom. The molecule has 2 N–H and O–H groups in total. The summed E-state index contributed by atoms with van der Waals surface area (Å²) in [6.07, 6.45) is 0. The number of esters is 1. The van der Waals surface area contributed by atoms with Crippen LogP contribution in [0.25, 0.3) is 5.76 Å². The third kappa shape index (κ3) is 4.22. The summed E-state index contributed by atoms with van der Waals surface area (Å²) in [5, 5.41) is 11.3. The molecule has 1 aromatic heterocycles. The molecule has 0 unspecified atom stereocenters. The number of carbonyl (C=O) groups excluding carboxylic acids is 3. The molecule has 0 saturated carbocycles. The molecule has 0 spiro atoms. The number of hydrogen-bond donors (Lipinski definition) is 2. The van der Waals surface area contributed by atoms with Gasteiger partial charge in [-0.2, -0.15) is 0 Å². The summed E-state index contributed by atoms with van der Waals surface area (Å²) in [5.41, 5.74) is 2.13. The maximum Gasteiger partial charge on any atom is 0.354 e. The molecule has 3 rings (SSSR count). The van der Waals surface area contributed by atoms with E-state index in [9.17, 15) is 19.5 Å². The standard InChI is InChI=1S/C23H26BrN3O5/c1-12-16(13(2)25-18(12)23(31)32-5)20(28)17-19(14-7-6-8-15(24)11-14)27(10-9-26(3)4)22(30)21(17)29/h6-8,11,19,25,28H,9-10H2,1-5H3/t19-/m1/s1. The number of Topliss-reactive ketones (excluding diaryl/α,β-unsaturated/α-hetero) is 1. The molecule has 0 radical (unpaired) electrons. The van der Waals surface area contributed by atoms with E-state index in [0.29, 0.717) is 35.5 Å². The number of ether oxygens (including phenoxy) is 1. The second-order valence-electron chi connectivity index (χ2n) is 7.97. The van der Waals surface area contributed by atoms with Crippen molar-refractivity contribution < 1.29 is 24.2 Å². The molecule has 1 saturated heterocycles. The molecule has 8 nitrogen and oxygen atoms in total. The Balaban J connectivity index is 2.23. The van der Waals surface area contributed by atoms with E-state index in [1.54, 1.807) is 13.8 Å². The molecule has 1 atom stereocenters. The van der Waals surface area contributed by atoms with Gasteiger partial charge in [0, 0.05) is 28.8 Å². The van der Waals surface area contributed by atoms with E-state index in [-0.39, 0.29) is 17.0 Å². The first kappa shape index (κ1) is 23.7. The first-order valence-corrected chi connectivity index (χ1v) is 10.8. The lowest BCUT2D eigenvalue weighted by atomic mass is 9.94. The largest absolute Gasteiger partial charge is 0.507 e. The minimum atomic E-state index is -0.761. The summed E-state index contributed by atoms with van der Waals surface area (Å²) >= 11 is 3.44. The number of hydrogen-bond acceptors (Lipinski definition) is 6. The fourth-order valence-electron chi connectivity index (χ4n) is 3.99. The summed E-state index contributed by atoms with van der Waals surface area (Å²) in [4.78, 5) is 44.5. The van der Waals surface area contributed by atoms with Crippen molar-refractivity contribution in [2.24, 2.45) is 0 Å². The van der Waals surface area contributed by atoms with Crippen LogP contribution in [0.5, 0.6) is 0 Å². The van der Waals surface area contributed by atoms with Gasteiger partial charge in [0.2, 0.25) is 0 Å². The maximum absolute atomic E-state index is 13.1. The Morgan fingerprint density at radius 1 is 1.28 bits per heavy atom. The summed E-state index contributed by atoms with van der Waals surface area (Å²) < 4.78 is 5.58. The number of aryl methyl sites for hydroxylation is 1. The van der Waals surface area contributed by atoms with E-state index in [4.69, 9.17) is 4.74 Å². The lowest BCUT2D eigenvalue weighted by Crippen LogP contribution is -2.35. The fourth-order valence-corrected chi connectivity index (χ4v) is 4.40. The van der Waals surface area contributed by atoms with Crippen LogP contribution >= 0.6 is 15.9 Å². The van der Waals surface area contributed by atoms with Crippen molar-refractivity contribution in [3.63, 3.8) is 0 Å².